The third-order valence-corrected chi connectivity index (χ3v) is 2.03. The third kappa shape index (κ3) is 5.44. The molecule has 1 aromatic heterocycles. The van der Waals surface area contributed by atoms with Crippen molar-refractivity contribution in [3.05, 3.63) is 40.4 Å². The monoisotopic (exact) mass is 264 g/mol. The normalized spacial score (nSPS) is 8.84. The van der Waals surface area contributed by atoms with Crippen LogP contribution in [0.1, 0.15) is 31.4 Å². The van der Waals surface area contributed by atoms with Crippen molar-refractivity contribution in [3.63, 3.8) is 0 Å². The van der Waals surface area contributed by atoms with E-state index in [1.807, 2.05) is 20.8 Å². The maximum atomic E-state index is 11.3. The molecule has 0 radical (unpaired) electrons. The van der Waals surface area contributed by atoms with Gasteiger partial charge in [0.2, 0.25) is 0 Å². The summed E-state index contributed by atoms with van der Waals surface area (Å²) in [4.78, 5) is 28.0. The van der Waals surface area contributed by atoms with Gasteiger partial charge in [-0.3, -0.25) is 9.59 Å². The van der Waals surface area contributed by atoms with E-state index in [4.69, 9.17) is 0 Å². The molecule has 0 spiro atoms. The molecular formula is C14H20N2O3. The molecule has 0 amide bonds. The summed E-state index contributed by atoms with van der Waals surface area (Å²) in [5.74, 6) is 0.0590. The second-order valence-corrected chi connectivity index (χ2v) is 3.16. The molecular weight excluding hydrogens is 244 g/mol. The summed E-state index contributed by atoms with van der Waals surface area (Å²) < 4.78 is 4.54. The van der Waals surface area contributed by atoms with Crippen molar-refractivity contribution in [2.24, 2.45) is 0 Å². The van der Waals surface area contributed by atoms with Crippen LogP contribution in [-0.2, 0) is 4.74 Å². The van der Waals surface area contributed by atoms with Crippen LogP contribution >= 0.6 is 0 Å². The molecule has 0 unspecified atom stereocenters. The van der Waals surface area contributed by atoms with Gasteiger partial charge in [0, 0.05) is 13.7 Å². The number of para-hydroxylation sites is 1. The van der Waals surface area contributed by atoms with E-state index >= 15 is 0 Å². The molecule has 0 fully saturated rings. The lowest BCUT2D eigenvalue weighted by molar-refractivity contribution is 0.111. The number of hydrogen-bond donors (Lipinski definition) is 1. The van der Waals surface area contributed by atoms with Crippen LogP contribution in [0, 0.1) is 0 Å². The summed E-state index contributed by atoms with van der Waals surface area (Å²) in [5.41, 5.74) is 0.251. The summed E-state index contributed by atoms with van der Waals surface area (Å²) in [7, 11) is 1.68. The lowest BCUT2D eigenvalue weighted by Gasteiger charge is -1.95. The largest absolute Gasteiger partial charge is 0.385 e. The van der Waals surface area contributed by atoms with Crippen molar-refractivity contribution in [1.82, 2.24) is 9.97 Å². The van der Waals surface area contributed by atoms with Gasteiger partial charge in [0.25, 0.3) is 5.56 Å². The van der Waals surface area contributed by atoms with Crippen LogP contribution < -0.4 is 5.56 Å². The van der Waals surface area contributed by atoms with Gasteiger partial charge in [-0.05, 0) is 19.1 Å². The molecule has 0 atom stereocenters. The van der Waals surface area contributed by atoms with Crippen LogP contribution in [0.15, 0.2) is 29.1 Å². The summed E-state index contributed by atoms with van der Waals surface area (Å²) in [5, 5.41) is 0.494. The summed E-state index contributed by atoms with van der Waals surface area (Å²) in [6.45, 7) is 6.78. The standard InChI is InChI=1S/C9H6N2O2.C3H8O.C2H6/c12-5-8-10-7-4-2-1-3-6(7)9(13)11-8;1-3-4-2;1-2/h1-5H,(H,10,11,13);3H2,1-2H3;1-2H3. The molecule has 0 aliphatic carbocycles. The van der Waals surface area contributed by atoms with Crippen molar-refractivity contribution in [1.29, 1.82) is 0 Å². The molecule has 5 heteroatoms. The minimum absolute atomic E-state index is 0.0590. The Hall–Kier alpha value is -2.01. The van der Waals surface area contributed by atoms with Gasteiger partial charge in [-0.1, -0.05) is 26.0 Å². The quantitative estimate of drug-likeness (QED) is 0.845. The Kier molecular flexibility index (Phi) is 8.91. The van der Waals surface area contributed by atoms with Crippen LogP contribution in [0.4, 0.5) is 0 Å². The van der Waals surface area contributed by atoms with Gasteiger partial charge in [0.15, 0.2) is 12.1 Å². The highest BCUT2D eigenvalue weighted by Gasteiger charge is 2.00. The van der Waals surface area contributed by atoms with Gasteiger partial charge in [-0.2, -0.15) is 0 Å². The van der Waals surface area contributed by atoms with Gasteiger partial charge in [0.05, 0.1) is 10.9 Å². The number of hydrogen-bond acceptors (Lipinski definition) is 4. The first kappa shape index (κ1) is 17.0. The van der Waals surface area contributed by atoms with Crippen LogP contribution in [0.2, 0.25) is 0 Å². The number of nitrogens with zero attached hydrogens (tertiary/aromatic N) is 1. The van der Waals surface area contributed by atoms with E-state index in [0.717, 1.165) is 6.61 Å². The maximum Gasteiger partial charge on any atom is 0.259 e. The van der Waals surface area contributed by atoms with Crippen molar-refractivity contribution in [2.75, 3.05) is 13.7 Å². The van der Waals surface area contributed by atoms with E-state index in [2.05, 4.69) is 14.7 Å². The number of ether oxygens (including phenoxy) is 1. The molecule has 1 heterocycles. The molecule has 0 saturated heterocycles. The second kappa shape index (κ2) is 9.96. The lowest BCUT2D eigenvalue weighted by atomic mass is 10.2. The molecule has 1 N–H and O–H groups in total. The van der Waals surface area contributed by atoms with Crippen LogP contribution in [-0.4, -0.2) is 30.0 Å². The number of aromatic nitrogens is 2. The lowest BCUT2D eigenvalue weighted by Crippen LogP contribution is -2.10. The summed E-state index contributed by atoms with van der Waals surface area (Å²) in [6, 6.07) is 6.87. The predicted octanol–water partition coefficient (Wildman–Crippen LogP) is 2.41. The van der Waals surface area contributed by atoms with Gasteiger partial charge in [-0.25, -0.2) is 4.98 Å². The molecule has 0 aliphatic heterocycles. The fourth-order valence-corrected chi connectivity index (χ4v) is 1.16. The molecule has 0 saturated carbocycles. The number of methoxy groups -OCH3 is 1. The number of aldehydes is 1. The number of fused-ring (bicyclic) bond motifs is 1. The van der Waals surface area contributed by atoms with Crippen molar-refractivity contribution < 1.29 is 9.53 Å². The Morgan fingerprint density at radius 3 is 2.42 bits per heavy atom. The molecule has 19 heavy (non-hydrogen) atoms. The average molecular weight is 264 g/mol. The Bertz CT molecular complexity index is 548. The van der Waals surface area contributed by atoms with Gasteiger partial charge in [-0.15, -0.1) is 0 Å². The van der Waals surface area contributed by atoms with E-state index in [9.17, 15) is 9.59 Å². The van der Waals surface area contributed by atoms with Gasteiger partial charge >= 0.3 is 0 Å². The van der Waals surface area contributed by atoms with Crippen molar-refractivity contribution in [2.45, 2.75) is 20.8 Å². The highest BCUT2D eigenvalue weighted by atomic mass is 16.5. The number of carbonyl (C=O) groups is 1. The van der Waals surface area contributed by atoms with E-state index in [1.54, 1.807) is 31.4 Å². The Balaban J connectivity index is 0.000000467. The number of rotatable bonds is 2. The minimum atomic E-state index is -0.285. The highest BCUT2D eigenvalue weighted by Crippen LogP contribution is 2.04. The topological polar surface area (TPSA) is 72.0 Å². The number of benzene rings is 1. The Morgan fingerprint density at radius 1 is 1.32 bits per heavy atom. The fraction of sp³-hybridized carbons (Fsp3) is 0.357. The molecule has 2 aromatic rings. The zero-order valence-electron chi connectivity index (χ0n) is 11.8. The molecule has 1 aromatic carbocycles. The first-order chi connectivity index (χ1) is 9.22. The fourth-order valence-electron chi connectivity index (χ4n) is 1.16. The Morgan fingerprint density at radius 2 is 1.89 bits per heavy atom. The van der Waals surface area contributed by atoms with Crippen LogP contribution in [0.25, 0.3) is 10.9 Å². The van der Waals surface area contributed by atoms with Gasteiger partial charge in [0.1, 0.15) is 0 Å². The van der Waals surface area contributed by atoms with E-state index in [1.165, 1.54) is 0 Å². The predicted molar refractivity (Wildman–Crippen MR) is 76.6 cm³/mol. The van der Waals surface area contributed by atoms with Crippen LogP contribution in [0.3, 0.4) is 0 Å². The molecule has 2 rings (SSSR count). The number of aromatic amines is 1. The highest BCUT2D eigenvalue weighted by molar-refractivity contribution is 5.80. The number of carbonyl (C=O) groups excluding carboxylic acids is 1. The van der Waals surface area contributed by atoms with E-state index < -0.39 is 0 Å². The smallest absolute Gasteiger partial charge is 0.259 e. The maximum absolute atomic E-state index is 11.3. The first-order valence-electron chi connectivity index (χ1n) is 6.16. The second-order valence-electron chi connectivity index (χ2n) is 3.16. The molecule has 0 bridgehead atoms. The average Bonchev–Trinajstić information content (AvgIpc) is 2.49. The molecule has 104 valence electrons. The number of H-pyrrole nitrogens is 1. The molecule has 5 nitrogen and oxygen atoms in total. The Labute approximate surface area is 112 Å². The zero-order chi connectivity index (χ0) is 14.7. The molecule has 0 aliphatic rings. The van der Waals surface area contributed by atoms with E-state index in [-0.39, 0.29) is 11.4 Å². The first-order valence-corrected chi connectivity index (χ1v) is 6.16. The SMILES string of the molecule is CC.CCOC.O=Cc1nc2ccccc2c(=O)[nH]1. The van der Waals surface area contributed by atoms with Gasteiger partial charge < -0.3 is 9.72 Å². The van der Waals surface area contributed by atoms with Crippen molar-refractivity contribution in [3.8, 4) is 0 Å². The van der Waals surface area contributed by atoms with Crippen molar-refractivity contribution >= 4 is 17.2 Å². The zero-order valence-corrected chi connectivity index (χ0v) is 11.8. The summed E-state index contributed by atoms with van der Waals surface area (Å²) in [6.07, 6.45) is 0.522. The van der Waals surface area contributed by atoms with E-state index in [0.29, 0.717) is 17.2 Å². The van der Waals surface area contributed by atoms with Crippen LogP contribution in [0.5, 0.6) is 0 Å². The summed E-state index contributed by atoms with van der Waals surface area (Å²) >= 11 is 0. The number of nitrogens with one attached hydrogen (secondary N) is 1. The third-order valence-electron chi connectivity index (χ3n) is 2.03. The minimum Gasteiger partial charge on any atom is -0.385 e.